The molecule has 110 valence electrons. The van der Waals surface area contributed by atoms with Crippen molar-refractivity contribution in [3.63, 3.8) is 0 Å². The summed E-state index contributed by atoms with van der Waals surface area (Å²) >= 11 is 0. The lowest BCUT2D eigenvalue weighted by Crippen LogP contribution is -2.30. The van der Waals surface area contributed by atoms with E-state index in [1.165, 1.54) is 0 Å². The van der Waals surface area contributed by atoms with E-state index < -0.39 is 44.0 Å². The maximum Gasteiger partial charge on any atom is 0.414 e. The Kier molecular flexibility index (Phi) is 4.74. The van der Waals surface area contributed by atoms with Crippen LogP contribution in [0.2, 0.25) is 0 Å². The Hall–Kier alpha value is -1.36. The van der Waals surface area contributed by atoms with Crippen LogP contribution in [0.1, 0.15) is 11.7 Å². The van der Waals surface area contributed by atoms with Crippen LogP contribution < -0.4 is 0 Å². The number of alkyl halides is 6. The topological polar surface area (TPSA) is 68.4 Å². The molecular weight excluding hydrogens is 286 g/mol. The van der Waals surface area contributed by atoms with Gasteiger partial charge in [-0.2, -0.15) is 31.3 Å². The van der Waals surface area contributed by atoms with Crippen LogP contribution in [0.5, 0.6) is 0 Å². The number of aliphatic hydroxyl groups is 1. The average molecular weight is 294 g/mol. The smallest absolute Gasteiger partial charge is 0.383 e. The zero-order valence-electron chi connectivity index (χ0n) is 9.12. The van der Waals surface area contributed by atoms with Crippen LogP contribution in [0.15, 0.2) is 4.52 Å². The van der Waals surface area contributed by atoms with Crippen molar-refractivity contribution in [2.45, 2.75) is 31.5 Å². The summed E-state index contributed by atoms with van der Waals surface area (Å²) in [6, 6.07) is 0. The van der Waals surface area contributed by atoms with Gasteiger partial charge in [0.05, 0.1) is 6.42 Å². The third-order valence-electron chi connectivity index (χ3n) is 1.75. The Labute approximate surface area is 102 Å². The van der Waals surface area contributed by atoms with Crippen molar-refractivity contribution in [1.82, 2.24) is 10.1 Å². The molecule has 1 rings (SSSR count). The van der Waals surface area contributed by atoms with Crippen LogP contribution in [0.4, 0.5) is 26.3 Å². The summed E-state index contributed by atoms with van der Waals surface area (Å²) in [6.07, 6.45) is -13.0. The molecule has 0 saturated carbocycles. The Morgan fingerprint density at radius 3 is 2.37 bits per heavy atom. The second kappa shape index (κ2) is 5.74. The molecule has 0 saturated heterocycles. The first-order chi connectivity index (χ1) is 8.58. The van der Waals surface area contributed by atoms with E-state index in [0.717, 1.165) is 0 Å². The molecule has 1 aromatic heterocycles. The van der Waals surface area contributed by atoms with E-state index in [-0.39, 0.29) is 5.82 Å². The van der Waals surface area contributed by atoms with Gasteiger partial charge < -0.3 is 14.4 Å². The number of hydrogen-bond donors (Lipinski definition) is 1. The summed E-state index contributed by atoms with van der Waals surface area (Å²) in [5, 5.41) is 11.8. The van der Waals surface area contributed by atoms with Gasteiger partial charge in [0, 0.05) is 0 Å². The monoisotopic (exact) mass is 294 g/mol. The van der Waals surface area contributed by atoms with E-state index in [0.29, 0.717) is 0 Å². The van der Waals surface area contributed by atoms with E-state index in [9.17, 15) is 26.3 Å². The van der Waals surface area contributed by atoms with Crippen LogP contribution in [-0.4, -0.2) is 40.3 Å². The van der Waals surface area contributed by atoms with Gasteiger partial charge in [-0.15, -0.1) is 0 Å². The SMILES string of the molecule is OC(Cc1nc(COCC(F)(F)F)no1)C(F)(F)F. The van der Waals surface area contributed by atoms with E-state index in [1.807, 2.05) is 0 Å². The largest absolute Gasteiger partial charge is 0.414 e. The van der Waals surface area contributed by atoms with Gasteiger partial charge in [-0.25, -0.2) is 0 Å². The maximum absolute atomic E-state index is 12.0. The fraction of sp³-hybridized carbons (Fsp3) is 0.750. The van der Waals surface area contributed by atoms with Gasteiger partial charge in [0.15, 0.2) is 11.9 Å². The molecule has 5 nitrogen and oxygen atoms in total. The Morgan fingerprint density at radius 1 is 1.21 bits per heavy atom. The molecule has 0 aliphatic rings. The molecule has 0 aliphatic carbocycles. The molecule has 11 heteroatoms. The molecule has 1 heterocycles. The summed E-state index contributed by atoms with van der Waals surface area (Å²) in [5.74, 6) is -0.885. The lowest BCUT2D eigenvalue weighted by Gasteiger charge is -2.11. The highest BCUT2D eigenvalue weighted by Gasteiger charge is 2.39. The van der Waals surface area contributed by atoms with Gasteiger partial charge >= 0.3 is 12.4 Å². The number of aromatic nitrogens is 2. The Balaban J connectivity index is 2.45. The van der Waals surface area contributed by atoms with Crippen LogP contribution >= 0.6 is 0 Å². The zero-order chi connectivity index (χ0) is 14.7. The van der Waals surface area contributed by atoms with E-state index in [1.54, 1.807) is 0 Å². The third kappa shape index (κ3) is 5.87. The molecule has 1 unspecified atom stereocenters. The quantitative estimate of drug-likeness (QED) is 0.836. The Morgan fingerprint density at radius 2 is 1.84 bits per heavy atom. The van der Waals surface area contributed by atoms with Crippen molar-refractivity contribution < 1.29 is 40.7 Å². The minimum Gasteiger partial charge on any atom is -0.383 e. The number of aliphatic hydroxyl groups excluding tert-OH is 1. The molecule has 19 heavy (non-hydrogen) atoms. The second-order valence-corrected chi connectivity index (χ2v) is 3.47. The summed E-state index contributed by atoms with van der Waals surface area (Å²) in [5.41, 5.74) is 0. The molecule has 1 aromatic rings. The first-order valence-corrected chi connectivity index (χ1v) is 4.78. The predicted octanol–water partition coefficient (Wildman–Crippen LogP) is 1.61. The lowest BCUT2D eigenvalue weighted by atomic mass is 10.2. The van der Waals surface area contributed by atoms with Crippen molar-refractivity contribution in [3.8, 4) is 0 Å². The van der Waals surface area contributed by atoms with E-state index in [4.69, 9.17) is 5.11 Å². The number of halogens is 6. The van der Waals surface area contributed by atoms with Crippen LogP contribution in [0, 0.1) is 0 Å². The molecule has 0 amide bonds. The molecular formula is C8H8F6N2O3. The molecule has 0 aliphatic heterocycles. The van der Waals surface area contributed by atoms with Gasteiger partial charge in [0.2, 0.25) is 5.89 Å². The van der Waals surface area contributed by atoms with Crippen LogP contribution in [0.3, 0.4) is 0 Å². The number of nitrogens with zero attached hydrogens (tertiary/aromatic N) is 2. The van der Waals surface area contributed by atoms with E-state index in [2.05, 4.69) is 19.4 Å². The van der Waals surface area contributed by atoms with Crippen LogP contribution in [-0.2, 0) is 17.8 Å². The van der Waals surface area contributed by atoms with Gasteiger partial charge in [-0.05, 0) is 0 Å². The number of hydrogen-bond acceptors (Lipinski definition) is 5. The number of rotatable bonds is 5. The molecule has 0 spiro atoms. The molecule has 0 radical (unpaired) electrons. The summed E-state index contributed by atoms with van der Waals surface area (Å²) in [4.78, 5) is 3.35. The first kappa shape index (κ1) is 15.7. The standard InChI is InChI=1S/C8H8F6N2O3/c9-7(10,11)3-18-2-5-15-6(19-16-5)1-4(17)8(12,13)14/h4,17H,1-3H2. The lowest BCUT2D eigenvalue weighted by molar-refractivity contribution is -0.204. The van der Waals surface area contributed by atoms with Gasteiger partial charge in [-0.1, -0.05) is 5.16 Å². The fourth-order valence-corrected chi connectivity index (χ4v) is 0.971. The zero-order valence-corrected chi connectivity index (χ0v) is 9.12. The Bertz CT molecular complexity index is 402. The molecule has 0 fully saturated rings. The van der Waals surface area contributed by atoms with Gasteiger partial charge in [0.1, 0.15) is 13.2 Å². The van der Waals surface area contributed by atoms with Crippen molar-refractivity contribution in [2.75, 3.05) is 6.61 Å². The van der Waals surface area contributed by atoms with Crippen LogP contribution in [0.25, 0.3) is 0 Å². The highest BCUT2D eigenvalue weighted by Crippen LogP contribution is 2.22. The number of ether oxygens (including phenoxy) is 1. The molecule has 0 aromatic carbocycles. The molecule has 1 atom stereocenters. The highest BCUT2D eigenvalue weighted by atomic mass is 19.4. The van der Waals surface area contributed by atoms with Crippen molar-refractivity contribution in [3.05, 3.63) is 11.7 Å². The minimum atomic E-state index is -4.85. The van der Waals surface area contributed by atoms with Gasteiger partial charge in [0.25, 0.3) is 0 Å². The maximum atomic E-state index is 12.0. The highest BCUT2D eigenvalue weighted by molar-refractivity contribution is 4.88. The first-order valence-electron chi connectivity index (χ1n) is 4.78. The summed E-state index contributed by atoms with van der Waals surface area (Å²) < 4.78 is 79.6. The third-order valence-corrected chi connectivity index (χ3v) is 1.75. The normalized spacial score (nSPS) is 14.7. The van der Waals surface area contributed by atoms with Crippen molar-refractivity contribution in [2.24, 2.45) is 0 Å². The minimum absolute atomic E-state index is 0.339. The predicted molar refractivity (Wildman–Crippen MR) is 45.8 cm³/mol. The fourth-order valence-electron chi connectivity index (χ4n) is 0.971. The van der Waals surface area contributed by atoms with Crippen molar-refractivity contribution in [1.29, 1.82) is 0 Å². The van der Waals surface area contributed by atoms with E-state index >= 15 is 0 Å². The molecule has 1 N–H and O–H groups in total. The summed E-state index contributed by atoms with van der Waals surface area (Å²) in [7, 11) is 0. The second-order valence-electron chi connectivity index (χ2n) is 3.47. The average Bonchev–Trinajstić information content (AvgIpc) is 2.62. The summed E-state index contributed by atoms with van der Waals surface area (Å²) in [6.45, 7) is -2.20. The van der Waals surface area contributed by atoms with Crippen molar-refractivity contribution >= 4 is 0 Å². The van der Waals surface area contributed by atoms with Gasteiger partial charge in [-0.3, -0.25) is 0 Å². The molecule has 0 bridgehead atoms.